The van der Waals surface area contributed by atoms with Crippen molar-refractivity contribution in [2.75, 3.05) is 39.5 Å². The van der Waals surface area contributed by atoms with E-state index in [1.165, 1.54) is 4.90 Å². The molecule has 10 heteroatoms. The summed E-state index contributed by atoms with van der Waals surface area (Å²) in [5, 5.41) is 13.4. The predicted molar refractivity (Wildman–Crippen MR) is 123 cm³/mol. The number of imide groups is 1. The summed E-state index contributed by atoms with van der Waals surface area (Å²) in [6, 6.07) is 13.6. The Balaban J connectivity index is 0.00000342. The van der Waals surface area contributed by atoms with Gasteiger partial charge in [-0.25, -0.2) is 4.57 Å². The molecule has 0 saturated heterocycles. The number of halogens is 1. The third-order valence-corrected chi connectivity index (χ3v) is 5.58. The zero-order valence-electron chi connectivity index (χ0n) is 19.2. The zero-order valence-corrected chi connectivity index (χ0v) is 21.4. The van der Waals surface area contributed by atoms with E-state index in [0.29, 0.717) is 48.4 Å². The number of aryl methyl sites for hydroxylation is 1. The van der Waals surface area contributed by atoms with Crippen molar-refractivity contribution in [3.05, 3.63) is 71.4 Å². The highest BCUT2D eigenvalue weighted by molar-refractivity contribution is 6.21. The van der Waals surface area contributed by atoms with E-state index < -0.39 is 0 Å². The topological polar surface area (TPSA) is 109 Å². The Bertz CT molecular complexity index is 1210. The van der Waals surface area contributed by atoms with Crippen LogP contribution in [-0.4, -0.2) is 67.2 Å². The van der Waals surface area contributed by atoms with Gasteiger partial charge in [-0.05, 0) is 24.3 Å². The first kappa shape index (κ1) is 26.5. The van der Waals surface area contributed by atoms with Gasteiger partial charge in [0.15, 0.2) is 6.20 Å². The van der Waals surface area contributed by atoms with Crippen LogP contribution in [0.4, 0.5) is 0 Å². The quantitative estimate of drug-likeness (QED) is 0.128. The Hall–Kier alpha value is -3.09. The molecule has 2 heterocycles. The molecule has 0 saturated carbocycles. The summed E-state index contributed by atoms with van der Waals surface area (Å²) < 4.78 is 12.7. The summed E-state index contributed by atoms with van der Waals surface area (Å²) in [7, 11) is 1.82. The number of phenols is 1. The second-order valence-electron chi connectivity index (χ2n) is 7.84. The average molecular weight is 591 g/mol. The second-order valence-corrected chi connectivity index (χ2v) is 7.84. The number of rotatable bonds is 10. The van der Waals surface area contributed by atoms with E-state index in [9.17, 15) is 19.5 Å². The number of hydrogen-bond acceptors (Lipinski definition) is 6. The van der Waals surface area contributed by atoms with Crippen molar-refractivity contribution in [1.82, 2.24) is 10.2 Å². The van der Waals surface area contributed by atoms with Crippen molar-refractivity contribution >= 4 is 28.6 Å². The van der Waals surface area contributed by atoms with Gasteiger partial charge in [0.25, 0.3) is 17.7 Å². The van der Waals surface area contributed by atoms with Gasteiger partial charge in [0, 0.05) is 12.6 Å². The lowest BCUT2D eigenvalue weighted by molar-refractivity contribution is -0.645. The monoisotopic (exact) mass is 591 g/mol. The van der Waals surface area contributed by atoms with Gasteiger partial charge in [-0.15, -0.1) is 0 Å². The van der Waals surface area contributed by atoms with Gasteiger partial charge in [0.05, 0.1) is 49.5 Å². The van der Waals surface area contributed by atoms with Crippen LogP contribution in [-0.2, 0) is 16.5 Å². The van der Waals surface area contributed by atoms with Crippen LogP contribution in [0.2, 0.25) is 0 Å². The van der Waals surface area contributed by atoms with Crippen LogP contribution in [0.1, 0.15) is 31.1 Å². The Morgan fingerprint density at radius 1 is 0.971 bits per heavy atom. The lowest BCUT2D eigenvalue weighted by Crippen LogP contribution is -3.00. The standard InChI is InChI=1S/C25H25N3O6.HI/c1-27-16-17(15-20-21(27)7-4-8-22(20)29)23(30)26-9-11-33-13-14-34-12-10-28-24(31)18-5-2-3-6-19(18)25(28)32;/h2-8,15-16H,9-14H2,1H3,(H,26,30);1H. The molecule has 0 spiro atoms. The van der Waals surface area contributed by atoms with Crippen LogP contribution in [0.3, 0.4) is 0 Å². The first-order chi connectivity index (χ1) is 16.5. The van der Waals surface area contributed by atoms with Crippen LogP contribution < -0.4 is 33.9 Å². The van der Waals surface area contributed by atoms with Gasteiger partial charge in [-0.2, -0.15) is 0 Å². The molecule has 35 heavy (non-hydrogen) atoms. The molecule has 3 aromatic rings. The highest BCUT2D eigenvalue weighted by Gasteiger charge is 2.34. The number of carbonyl (C=O) groups excluding carboxylic acids is 3. The third kappa shape index (κ3) is 5.95. The molecule has 0 unspecified atom stereocenters. The zero-order chi connectivity index (χ0) is 24.1. The number of ether oxygens (including phenoxy) is 2. The van der Waals surface area contributed by atoms with Crippen molar-refractivity contribution in [1.29, 1.82) is 0 Å². The fourth-order valence-electron chi connectivity index (χ4n) is 3.85. The molecule has 0 fully saturated rings. The maximum atomic E-state index is 12.4. The SMILES string of the molecule is C[n+]1cc(C(=O)NCCOCCOCCN2C(=O)c3ccccc3C2=O)cc2c(O)cccc21.[I-]. The highest BCUT2D eigenvalue weighted by atomic mass is 127. The number of carbonyl (C=O) groups is 3. The lowest BCUT2D eigenvalue weighted by Gasteiger charge is -2.13. The van der Waals surface area contributed by atoms with E-state index in [1.54, 1.807) is 53.2 Å². The fraction of sp³-hybridized carbons (Fsp3) is 0.280. The van der Waals surface area contributed by atoms with Crippen LogP contribution in [0.5, 0.6) is 5.75 Å². The maximum Gasteiger partial charge on any atom is 0.261 e. The smallest absolute Gasteiger partial charge is 0.261 e. The Labute approximate surface area is 219 Å². The summed E-state index contributed by atoms with van der Waals surface area (Å²) in [5.74, 6) is -0.742. The summed E-state index contributed by atoms with van der Waals surface area (Å²) >= 11 is 0. The van der Waals surface area contributed by atoms with Crippen molar-refractivity contribution in [3.8, 4) is 5.75 Å². The van der Waals surface area contributed by atoms with Crippen molar-refractivity contribution in [2.24, 2.45) is 7.05 Å². The number of benzene rings is 2. The molecule has 0 atom stereocenters. The molecule has 0 aliphatic carbocycles. The Kier molecular flexibility index (Phi) is 9.13. The van der Waals surface area contributed by atoms with Gasteiger partial charge < -0.3 is 43.9 Å². The van der Waals surface area contributed by atoms with Crippen molar-refractivity contribution < 1.29 is 57.5 Å². The molecule has 0 radical (unpaired) electrons. The van der Waals surface area contributed by atoms with Crippen LogP contribution in [0.15, 0.2) is 54.7 Å². The van der Waals surface area contributed by atoms with E-state index in [4.69, 9.17) is 9.47 Å². The molecular weight excluding hydrogens is 565 g/mol. The van der Waals surface area contributed by atoms with Crippen molar-refractivity contribution in [3.63, 3.8) is 0 Å². The molecule has 1 aliphatic heterocycles. The molecule has 2 N–H and O–H groups in total. The third-order valence-electron chi connectivity index (χ3n) is 5.58. The Morgan fingerprint density at radius 3 is 2.31 bits per heavy atom. The van der Waals surface area contributed by atoms with Gasteiger partial charge in [0.2, 0.25) is 5.52 Å². The minimum absolute atomic E-state index is 0. The molecule has 3 amide bonds. The second kappa shape index (κ2) is 12.0. The maximum absolute atomic E-state index is 12.4. The summed E-state index contributed by atoms with van der Waals surface area (Å²) in [5.41, 5.74) is 2.11. The molecule has 0 bridgehead atoms. The number of phenolic OH excluding ortho intramolecular Hbond substituents is 1. The molecule has 1 aliphatic rings. The molecule has 2 aromatic carbocycles. The van der Waals surface area contributed by atoms with Crippen LogP contribution >= 0.6 is 0 Å². The first-order valence-electron chi connectivity index (χ1n) is 11.0. The van der Waals surface area contributed by atoms with Gasteiger partial charge in [-0.3, -0.25) is 19.3 Å². The average Bonchev–Trinajstić information content (AvgIpc) is 3.08. The fourth-order valence-corrected chi connectivity index (χ4v) is 3.85. The summed E-state index contributed by atoms with van der Waals surface area (Å²) in [6.07, 6.45) is 1.71. The Morgan fingerprint density at radius 2 is 1.63 bits per heavy atom. The number of nitrogens with one attached hydrogen (secondary N) is 1. The molecule has 9 nitrogen and oxygen atoms in total. The minimum atomic E-state index is -0.300. The number of fused-ring (bicyclic) bond motifs is 2. The number of aromatic hydroxyl groups is 1. The highest BCUT2D eigenvalue weighted by Crippen LogP contribution is 2.23. The van der Waals surface area contributed by atoms with Crippen molar-refractivity contribution in [2.45, 2.75) is 0 Å². The van der Waals surface area contributed by atoms with E-state index >= 15 is 0 Å². The molecule has 1 aromatic heterocycles. The largest absolute Gasteiger partial charge is 1.00 e. The number of nitrogens with zero attached hydrogens (tertiary/aromatic N) is 2. The molecular formula is C25H26IN3O6. The van der Waals surface area contributed by atoms with E-state index in [0.717, 1.165) is 5.52 Å². The molecule has 184 valence electrons. The van der Waals surface area contributed by atoms with Crippen LogP contribution in [0.25, 0.3) is 10.9 Å². The lowest BCUT2D eigenvalue weighted by atomic mass is 10.1. The summed E-state index contributed by atoms with van der Waals surface area (Å²) in [4.78, 5) is 38.2. The minimum Gasteiger partial charge on any atom is -1.00 e. The predicted octanol–water partition coefficient (Wildman–Crippen LogP) is -1.57. The van der Waals surface area contributed by atoms with E-state index in [-0.39, 0.29) is 60.6 Å². The normalized spacial score (nSPS) is 12.5. The number of aromatic nitrogens is 1. The first-order valence-corrected chi connectivity index (χ1v) is 11.0. The van der Waals surface area contributed by atoms with Gasteiger partial charge in [-0.1, -0.05) is 18.2 Å². The van der Waals surface area contributed by atoms with E-state index in [1.807, 2.05) is 13.1 Å². The molecule has 4 rings (SSSR count). The van der Waals surface area contributed by atoms with Gasteiger partial charge in [0.1, 0.15) is 18.4 Å². The summed E-state index contributed by atoms with van der Waals surface area (Å²) in [6.45, 7) is 1.64. The number of amides is 3. The van der Waals surface area contributed by atoms with Gasteiger partial charge >= 0.3 is 0 Å². The number of hydrogen-bond donors (Lipinski definition) is 2. The number of pyridine rings is 1. The van der Waals surface area contributed by atoms with Crippen LogP contribution in [0, 0.1) is 0 Å². The van der Waals surface area contributed by atoms with E-state index in [2.05, 4.69) is 5.32 Å².